The first-order chi connectivity index (χ1) is 9.00. The summed E-state index contributed by atoms with van der Waals surface area (Å²) in [5.74, 6) is 0.352. The van der Waals surface area contributed by atoms with Crippen molar-refractivity contribution in [2.45, 2.75) is 26.3 Å². The molecule has 19 heavy (non-hydrogen) atoms. The summed E-state index contributed by atoms with van der Waals surface area (Å²) in [6.07, 6.45) is 4.14. The zero-order valence-corrected chi connectivity index (χ0v) is 11.9. The van der Waals surface area contributed by atoms with Crippen molar-refractivity contribution in [3.8, 4) is 0 Å². The molecule has 0 radical (unpaired) electrons. The molecule has 0 fully saturated rings. The monoisotopic (exact) mass is 268 g/mol. The van der Waals surface area contributed by atoms with Gasteiger partial charge in [-0.25, -0.2) is 0 Å². The summed E-state index contributed by atoms with van der Waals surface area (Å²) in [5, 5.41) is 6.79. The van der Waals surface area contributed by atoms with Gasteiger partial charge >= 0.3 is 0 Å². The molecule has 0 aliphatic carbocycles. The van der Waals surface area contributed by atoms with Crippen LogP contribution < -0.4 is 11.1 Å². The van der Waals surface area contributed by atoms with Crippen LogP contribution in [0.3, 0.4) is 0 Å². The largest absolute Gasteiger partial charge is 0.381 e. The number of amides is 1. The topological polar surface area (TPSA) is 82.2 Å². The Morgan fingerprint density at radius 3 is 2.89 bits per heavy atom. The quantitative estimate of drug-likeness (QED) is 0.676. The van der Waals surface area contributed by atoms with Crippen molar-refractivity contribution in [3.05, 3.63) is 18.0 Å². The van der Waals surface area contributed by atoms with Gasteiger partial charge in [-0.1, -0.05) is 13.8 Å². The Bertz CT molecular complexity index is 390. The second-order valence-corrected chi connectivity index (χ2v) is 5.04. The van der Waals surface area contributed by atoms with Gasteiger partial charge in [0.25, 0.3) is 0 Å². The van der Waals surface area contributed by atoms with Crippen LogP contribution in [0, 0.1) is 5.92 Å². The first kappa shape index (κ1) is 15.7. The SMILES string of the molecule is CC(C)COCCCNC(=O)C(N)c1cnn(C)c1. The van der Waals surface area contributed by atoms with Crippen molar-refractivity contribution >= 4 is 5.91 Å². The van der Waals surface area contributed by atoms with Crippen LogP contribution in [0.2, 0.25) is 0 Å². The molecule has 1 unspecified atom stereocenters. The number of carbonyl (C=O) groups is 1. The zero-order chi connectivity index (χ0) is 14.3. The fraction of sp³-hybridized carbons (Fsp3) is 0.692. The summed E-state index contributed by atoms with van der Waals surface area (Å²) in [4.78, 5) is 11.8. The molecule has 3 N–H and O–H groups in total. The molecule has 0 aliphatic rings. The highest BCUT2D eigenvalue weighted by Gasteiger charge is 2.16. The average molecular weight is 268 g/mol. The van der Waals surface area contributed by atoms with E-state index in [0.29, 0.717) is 19.1 Å². The van der Waals surface area contributed by atoms with Crippen LogP contribution in [-0.2, 0) is 16.6 Å². The molecule has 1 atom stereocenters. The molecule has 0 saturated carbocycles. The maximum absolute atomic E-state index is 11.8. The van der Waals surface area contributed by atoms with Crippen LogP contribution in [0.15, 0.2) is 12.4 Å². The van der Waals surface area contributed by atoms with E-state index in [4.69, 9.17) is 10.5 Å². The second kappa shape index (κ2) is 7.91. The average Bonchev–Trinajstić information content (AvgIpc) is 2.78. The minimum absolute atomic E-state index is 0.183. The summed E-state index contributed by atoms with van der Waals surface area (Å²) in [7, 11) is 1.79. The van der Waals surface area contributed by atoms with Gasteiger partial charge in [0.05, 0.1) is 6.20 Å². The number of nitrogens with two attached hydrogens (primary N) is 1. The summed E-state index contributed by atoms with van der Waals surface area (Å²) in [6.45, 7) is 6.19. The van der Waals surface area contributed by atoms with E-state index < -0.39 is 6.04 Å². The molecule has 6 heteroatoms. The Morgan fingerprint density at radius 2 is 2.32 bits per heavy atom. The maximum Gasteiger partial charge on any atom is 0.241 e. The highest BCUT2D eigenvalue weighted by molar-refractivity contribution is 5.82. The van der Waals surface area contributed by atoms with Gasteiger partial charge in [-0.3, -0.25) is 9.48 Å². The van der Waals surface area contributed by atoms with Gasteiger partial charge in [0, 0.05) is 38.6 Å². The lowest BCUT2D eigenvalue weighted by molar-refractivity contribution is -0.122. The first-order valence-corrected chi connectivity index (χ1v) is 6.60. The van der Waals surface area contributed by atoms with E-state index >= 15 is 0 Å². The summed E-state index contributed by atoms with van der Waals surface area (Å²) in [5.41, 5.74) is 6.55. The Hall–Kier alpha value is -1.40. The minimum Gasteiger partial charge on any atom is -0.381 e. The van der Waals surface area contributed by atoms with Crippen molar-refractivity contribution in [2.75, 3.05) is 19.8 Å². The number of aryl methyl sites for hydroxylation is 1. The highest BCUT2D eigenvalue weighted by atomic mass is 16.5. The van der Waals surface area contributed by atoms with Gasteiger partial charge in [0.15, 0.2) is 0 Å². The molecule has 1 heterocycles. The smallest absolute Gasteiger partial charge is 0.241 e. The molecule has 0 bridgehead atoms. The van der Waals surface area contributed by atoms with Crippen LogP contribution in [0.4, 0.5) is 0 Å². The van der Waals surface area contributed by atoms with E-state index in [1.54, 1.807) is 24.1 Å². The number of carbonyl (C=O) groups excluding carboxylic acids is 1. The fourth-order valence-electron chi connectivity index (χ4n) is 1.57. The number of hydrogen-bond donors (Lipinski definition) is 2. The van der Waals surface area contributed by atoms with Crippen molar-refractivity contribution in [1.82, 2.24) is 15.1 Å². The molecule has 1 rings (SSSR count). The van der Waals surface area contributed by atoms with Gasteiger partial charge < -0.3 is 15.8 Å². The molecule has 0 spiro atoms. The Morgan fingerprint density at radius 1 is 1.58 bits per heavy atom. The second-order valence-electron chi connectivity index (χ2n) is 5.04. The van der Waals surface area contributed by atoms with Gasteiger partial charge in [-0.2, -0.15) is 5.10 Å². The number of nitrogens with one attached hydrogen (secondary N) is 1. The Kier molecular flexibility index (Phi) is 6.52. The van der Waals surface area contributed by atoms with E-state index in [9.17, 15) is 4.79 Å². The van der Waals surface area contributed by atoms with E-state index in [2.05, 4.69) is 24.3 Å². The van der Waals surface area contributed by atoms with Crippen LogP contribution in [0.1, 0.15) is 31.9 Å². The molecule has 0 aliphatic heterocycles. The molecule has 108 valence electrons. The van der Waals surface area contributed by atoms with Crippen LogP contribution in [0.5, 0.6) is 0 Å². The normalized spacial score (nSPS) is 12.7. The molecule has 0 aromatic carbocycles. The van der Waals surface area contributed by atoms with Gasteiger partial charge in [0.2, 0.25) is 5.91 Å². The van der Waals surface area contributed by atoms with E-state index in [1.165, 1.54) is 0 Å². The van der Waals surface area contributed by atoms with Crippen molar-refractivity contribution in [1.29, 1.82) is 0 Å². The number of nitrogens with zero attached hydrogens (tertiary/aromatic N) is 2. The highest BCUT2D eigenvalue weighted by Crippen LogP contribution is 2.07. The first-order valence-electron chi connectivity index (χ1n) is 6.60. The third-order valence-electron chi connectivity index (χ3n) is 2.58. The van der Waals surface area contributed by atoms with Gasteiger partial charge in [-0.15, -0.1) is 0 Å². The summed E-state index contributed by atoms with van der Waals surface area (Å²) >= 11 is 0. The number of aromatic nitrogens is 2. The van der Waals surface area contributed by atoms with Crippen molar-refractivity contribution in [2.24, 2.45) is 18.7 Å². The molecular weight excluding hydrogens is 244 g/mol. The fourth-order valence-corrected chi connectivity index (χ4v) is 1.57. The number of ether oxygens (including phenoxy) is 1. The number of rotatable bonds is 8. The van der Waals surface area contributed by atoms with E-state index in [1.807, 2.05) is 0 Å². The van der Waals surface area contributed by atoms with Crippen molar-refractivity contribution in [3.63, 3.8) is 0 Å². The Labute approximate surface area is 114 Å². The Balaban J connectivity index is 2.17. The molecule has 6 nitrogen and oxygen atoms in total. The maximum atomic E-state index is 11.8. The molecule has 1 aromatic rings. The lowest BCUT2D eigenvalue weighted by Crippen LogP contribution is -2.34. The minimum atomic E-state index is -0.662. The molecular formula is C13H24N4O2. The summed E-state index contributed by atoms with van der Waals surface area (Å²) in [6, 6.07) is -0.662. The van der Waals surface area contributed by atoms with Crippen LogP contribution in [0.25, 0.3) is 0 Å². The summed E-state index contributed by atoms with van der Waals surface area (Å²) < 4.78 is 7.06. The zero-order valence-electron chi connectivity index (χ0n) is 11.9. The predicted molar refractivity (Wildman–Crippen MR) is 73.4 cm³/mol. The van der Waals surface area contributed by atoms with Crippen molar-refractivity contribution < 1.29 is 9.53 Å². The molecule has 0 saturated heterocycles. The predicted octanol–water partition coefficient (Wildman–Crippen LogP) is 0.599. The van der Waals surface area contributed by atoms with Crippen LogP contribution in [-0.4, -0.2) is 35.4 Å². The molecule has 1 aromatic heterocycles. The lowest BCUT2D eigenvalue weighted by atomic mass is 10.1. The number of hydrogen-bond acceptors (Lipinski definition) is 4. The third-order valence-corrected chi connectivity index (χ3v) is 2.58. The van der Waals surface area contributed by atoms with Gasteiger partial charge in [0.1, 0.15) is 6.04 Å². The molecule has 1 amide bonds. The third kappa shape index (κ3) is 5.85. The van der Waals surface area contributed by atoms with E-state index in [-0.39, 0.29) is 5.91 Å². The standard InChI is InChI=1S/C13H24N4O2/c1-10(2)9-19-6-4-5-15-13(18)12(14)11-7-16-17(3)8-11/h7-8,10,12H,4-6,9,14H2,1-3H3,(H,15,18). The van der Waals surface area contributed by atoms with E-state index in [0.717, 1.165) is 18.6 Å². The lowest BCUT2D eigenvalue weighted by Gasteiger charge is -2.11. The van der Waals surface area contributed by atoms with Crippen LogP contribution >= 0.6 is 0 Å². The van der Waals surface area contributed by atoms with Gasteiger partial charge in [-0.05, 0) is 12.3 Å².